The molecule has 0 bridgehead atoms. The predicted octanol–water partition coefficient (Wildman–Crippen LogP) is 5.16. The van der Waals surface area contributed by atoms with Crippen LogP contribution in [0.4, 0.5) is 0 Å². The van der Waals surface area contributed by atoms with Gasteiger partial charge in [0.15, 0.2) is 0 Å². The minimum atomic E-state index is -3.67. The van der Waals surface area contributed by atoms with Gasteiger partial charge in [0.1, 0.15) is 4.21 Å². The number of amides is 1. The molecule has 0 radical (unpaired) electrons. The summed E-state index contributed by atoms with van der Waals surface area (Å²) in [5, 5.41) is 0.471. The van der Waals surface area contributed by atoms with Crippen LogP contribution in [0.3, 0.4) is 0 Å². The van der Waals surface area contributed by atoms with Crippen molar-refractivity contribution in [2.75, 3.05) is 13.1 Å². The highest BCUT2D eigenvalue weighted by molar-refractivity contribution is 7.93. The van der Waals surface area contributed by atoms with Crippen LogP contribution in [-0.2, 0) is 9.84 Å². The molecule has 2 heterocycles. The number of thiophene rings is 1. The molecule has 1 aromatic heterocycles. The number of hydrogen-bond acceptors (Lipinski definition) is 4. The summed E-state index contributed by atoms with van der Waals surface area (Å²) < 4.78 is 25.7. The first kappa shape index (κ1) is 19.9. The molecule has 0 spiro atoms. The van der Waals surface area contributed by atoms with Crippen LogP contribution in [-0.4, -0.2) is 32.3 Å². The van der Waals surface area contributed by atoms with Gasteiger partial charge in [-0.3, -0.25) is 4.79 Å². The molecule has 1 amide bonds. The van der Waals surface area contributed by atoms with Crippen LogP contribution in [0.1, 0.15) is 21.7 Å². The molecule has 4 rings (SSSR count). The summed E-state index contributed by atoms with van der Waals surface area (Å²) in [7, 11) is -3.67. The molecule has 0 atom stereocenters. The molecule has 3 aromatic rings. The molecule has 4 nitrogen and oxygen atoms in total. The average Bonchev–Trinajstić information content (AvgIpc) is 3.25. The molecule has 1 aliphatic rings. The number of nitrogens with zero attached hydrogens (tertiary/aromatic N) is 1. The first-order valence-electron chi connectivity index (χ1n) is 9.09. The van der Waals surface area contributed by atoms with Crippen molar-refractivity contribution >= 4 is 44.3 Å². The Bertz CT molecular complexity index is 1170. The lowest BCUT2D eigenvalue weighted by Gasteiger charge is -2.26. The van der Waals surface area contributed by atoms with Crippen molar-refractivity contribution in [1.82, 2.24) is 4.90 Å². The highest BCUT2D eigenvalue weighted by atomic mass is 35.5. The van der Waals surface area contributed by atoms with E-state index in [2.05, 4.69) is 18.2 Å². The van der Waals surface area contributed by atoms with Gasteiger partial charge in [-0.05, 0) is 54.0 Å². The van der Waals surface area contributed by atoms with Crippen LogP contribution in [0.25, 0.3) is 5.57 Å². The fraction of sp³-hybridized carbons (Fsp3) is 0.136. The molecule has 0 saturated heterocycles. The minimum Gasteiger partial charge on any atom is -0.334 e. The van der Waals surface area contributed by atoms with Gasteiger partial charge in [0, 0.05) is 18.1 Å². The van der Waals surface area contributed by atoms with Gasteiger partial charge < -0.3 is 4.90 Å². The molecule has 0 unspecified atom stereocenters. The SMILES string of the molecule is O=C(c1ccc(S(=O)(=O)c2ccc(Cl)cc2)s1)N1CC=C(c2ccccc2)CC1. The maximum Gasteiger partial charge on any atom is 0.264 e. The summed E-state index contributed by atoms with van der Waals surface area (Å²) in [6, 6.07) is 19.2. The molecule has 2 aromatic carbocycles. The number of halogens is 1. The number of benzene rings is 2. The number of sulfone groups is 1. The maximum absolute atomic E-state index is 12.9. The number of hydrogen-bond donors (Lipinski definition) is 0. The molecule has 29 heavy (non-hydrogen) atoms. The second-order valence-corrected chi connectivity index (χ2v) is 10.4. The zero-order chi connectivity index (χ0) is 20.4. The fourth-order valence-electron chi connectivity index (χ4n) is 3.23. The Kier molecular flexibility index (Phi) is 5.58. The van der Waals surface area contributed by atoms with Crippen LogP contribution in [0.5, 0.6) is 0 Å². The topological polar surface area (TPSA) is 54.5 Å². The van der Waals surface area contributed by atoms with Gasteiger partial charge in [-0.1, -0.05) is 48.0 Å². The van der Waals surface area contributed by atoms with Crippen molar-refractivity contribution in [3.8, 4) is 0 Å². The van der Waals surface area contributed by atoms with E-state index < -0.39 is 9.84 Å². The van der Waals surface area contributed by atoms with E-state index in [9.17, 15) is 13.2 Å². The third-order valence-electron chi connectivity index (χ3n) is 4.82. The molecule has 0 N–H and O–H groups in total. The average molecular weight is 444 g/mol. The standard InChI is InChI=1S/C22H18ClNO3S2/c23-18-6-8-19(9-7-18)29(26,27)21-11-10-20(28-21)22(25)24-14-12-17(13-15-24)16-4-2-1-3-5-16/h1-12H,13-15H2. The van der Waals surface area contributed by atoms with Crippen molar-refractivity contribution in [3.63, 3.8) is 0 Å². The van der Waals surface area contributed by atoms with E-state index in [0.29, 0.717) is 23.0 Å². The summed E-state index contributed by atoms with van der Waals surface area (Å²) in [6.07, 6.45) is 2.84. The Hall–Kier alpha value is -2.41. The second kappa shape index (κ2) is 8.14. The summed E-state index contributed by atoms with van der Waals surface area (Å²) in [5.41, 5.74) is 2.40. The molecular weight excluding hydrogens is 426 g/mol. The highest BCUT2D eigenvalue weighted by Gasteiger charge is 2.25. The summed E-state index contributed by atoms with van der Waals surface area (Å²) in [4.78, 5) is 15.2. The van der Waals surface area contributed by atoms with Gasteiger partial charge in [-0.15, -0.1) is 11.3 Å². The van der Waals surface area contributed by atoms with E-state index >= 15 is 0 Å². The predicted molar refractivity (Wildman–Crippen MR) is 116 cm³/mol. The molecule has 0 fully saturated rings. The van der Waals surface area contributed by atoms with Gasteiger partial charge in [0.2, 0.25) is 9.84 Å². The van der Waals surface area contributed by atoms with E-state index in [4.69, 9.17) is 11.6 Å². The van der Waals surface area contributed by atoms with Crippen molar-refractivity contribution in [2.24, 2.45) is 0 Å². The number of carbonyl (C=O) groups excluding carboxylic acids is 1. The Morgan fingerprint density at radius 2 is 1.69 bits per heavy atom. The second-order valence-electron chi connectivity index (χ2n) is 6.67. The van der Waals surface area contributed by atoms with E-state index in [1.807, 2.05) is 18.2 Å². The normalized spacial score (nSPS) is 14.5. The Labute approximate surface area is 179 Å². The molecule has 0 saturated carbocycles. The summed E-state index contributed by atoms with van der Waals surface area (Å²) in [6.45, 7) is 1.12. The number of rotatable bonds is 4. The van der Waals surface area contributed by atoms with Crippen LogP contribution >= 0.6 is 22.9 Å². The van der Waals surface area contributed by atoms with Crippen molar-refractivity contribution < 1.29 is 13.2 Å². The monoisotopic (exact) mass is 443 g/mol. The third-order valence-corrected chi connectivity index (χ3v) is 8.41. The molecule has 0 aliphatic carbocycles. The quantitative estimate of drug-likeness (QED) is 0.559. The van der Waals surface area contributed by atoms with E-state index in [-0.39, 0.29) is 15.0 Å². The fourth-order valence-corrected chi connectivity index (χ4v) is 6.04. The zero-order valence-corrected chi connectivity index (χ0v) is 17.8. The lowest BCUT2D eigenvalue weighted by atomic mass is 9.99. The van der Waals surface area contributed by atoms with E-state index in [1.165, 1.54) is 29.3 Å². The molecular formula is C22H18ClNO3S2. The van der Waals surface area contributed by atoms with Gasteiger partial charge in [0.25, 0.3) is 5.91 Å². The van der Waals surface area contributed by atoms with Gasteiger partial charge in [-0.25, -0.2) is 8.42 Å². The van der Waals surface area contributed by atoms with Crippen molar-refractivity contribution in [1.29, 1.82) is 0 Å². The summed E-state index contributed by atoms with van der Waals surface area (Å²) >= 11 is 6.85. The Morgan fingerprint density at radius 3 is 2.34 bits per heavy atom. The van der Waals surface area contributed by atoms with Crippen LogP contribution in [0.2, 0.25) is 5.02 Å². The highest BCUT2D eigenvalue weighted by Crippen LogP contribution is 2.30. The van der Waals surface area contributed by atoms with Gasteiger partial charge in [-0.2, -0.15) is 0 Å². The van der Waals surface area contributed by atoms with Crippen molar-refractivity contribution in [3.05, 3.63) is 88.3 Å². The van der Waals surface area contributed by atoms with Crippen LogP contribution in [0, 0.1) is 0 Å². The first-order valence-corrected chi connectivity index (χ1v) is 11.8. The largest absolute Gasteiger partial charge is 0.334 e. The van der Waals surface area contributed by atoms with Crippen molar-refractivity contribution in [2.45, 2.75) is 15.5 Å². The smallest absolute Gasteiger partial charge is 0.264 e. The summed E-state index contributed by atoms with van der Waals surface area (Å²) in [5.74, 6) is -0.143. The lowest BCUT2D eigenvalue weighted by molar-refractivity contribution is 0.0777. The lowest BCUT2D eigenvalue weighted by Crippen LogP contribution is -2.34. The molecule has 148 valence electrons. The minimum absolute atomic E-state index is 0.143. The zero-order valence-electron chi connectivity index (χ0n) is 15.4. The van der Waals surface area contributed by atoms with Crippen LogP contribution < -0.4 is 0 Å². The molecule has 7 heteroatoms. The third kappa shape index (κ3) is 4.15. The maximum atomic E-state index is 12.9. The van der Waals surface area contributed by atoms with E-state index in [0.717, 1.165) is 17.8 Å². The van der Waals surface area contributed by atoms with E-state index in [1.54, 1.807) is 23.1 Å². The van der Waals surface area contributed by atoms with Crippen LogP contribution in [0.15, 0.2) is 81.9 Å². The van der Waals surface area contributed by atoms with Gasteiger partial charge >= 0.3 is 0 Å². The Balaban J connectivity index is 1.51. The number of carbonyl (C=O) groups is 1. The Morgan fingerprint density at radius 1 is 0.966 bits per heavy atom. The van der Waals surface area contributed by atoms with Gasteiger partial charge in [0.05, 0.1) is 9.77 Å². The molecule has 1 aliphatic heterocycles. The first-order chi connectivity index (χ1) is 13.9.